The van der Waals surface area contributed by atoms with E-state index in [1.54, 1.807) is 18.5 Å². The number of imidazole rings is 2. The first-order valence-corrected chi connectivity index (χ1v) is 22.6. The summed E-state index contributed by atoms with van der Waals surface area (Å²) in [7, 11) is 1.40. The number of para-hydroxylation sites is 2. The highest BCUT2D eigenvalue weighted by Gasteiger charge is 2.26. The van der Waals surface area contributed by atoms with E-state index >= 15 is 0 Å². The Morgan fingerprint density at radius 3 is 1.52 bits per heavy atom. The molecule has 0 unspecified atom stereocenters. The number of esters is 1. The molecule has 1 N–H and O–H groups in total. The molecule has 334 valence electrons. The first kappa shape index (κ1) is 43.9. The number of pyridine rings is 2. The molecule has 4 aromatic carbocycles. The summed E-state index contributed by atoms with van der Waals surface area (Å²) < 4.78 is 20.3. The predicted molar refractivity (Wildman–Crippen MR) is 255 cm³/mol. The molecule has 8 aromatic rings. The van der Waals surface area contributed by atoms with Crippen LogP contribution >= 0.6 is 23.2 Å². The lowest BCUT2D eigenvalue weighted by atomic mass is 10.1. The summed E-state index contributed by atoms with van der Waals surface area (Å²) in [6.07, 6.45) is 6.76. The number of methoxy groups -OCH3 is 1. The maximum Gasteiger partial charge on any atom is 0.340 e. The van der Waals surface area contributed by atoms with E-state index in [9.17, 15) is 14.7 Å². The number of hydrogen-bond acceptors (Lipinski definition) is 11. The van der Waals surface area contributed by atoms with Gasteiger partial charge < -0.3 is 29.1 Å². The zero-order chi connectivity index (χ0) is 45.2. The van der Waals surface area contributed by atoms with Gasteiger partial charge in [0.2, 0.25) is 0 Å². The zero-order valence-electron chi connectivity index (χ0n) is 36.4. The SMILES string of the molecule is CCCc1nc2c(C(=O)O)cc(N3CCOCC3)cc2n1-c1ccnc2c(Cl)cccc12.CCCc1nc2c(C(=O)OC)cc(N3CCOCC3)cc2n1-c1ccnc2c(Cl)cccc12. The van der Waals surface area contributed by atoms with Crippen LogP contribution in [0.3, 0.4) is 0 Å². The van der Waals surface area contributed by atoms with E-state index in [-0.39, 0.29) is 5.56 Å². The van der Waals surface area contributed by atoms with Crippen molar-refractivity contribution in [2.45, 2.75) is 39.5 Å². The van der Waals surface area contributed by atoms with Crippen molar-refractivity contribution in [1.29, 1.82) is 0 Å². The molecule has 6 heterocycles. The number of carbonyl (C=O) groups is 2. The first-order chi connectivity index (χ1) is 31.7. The Hall–Kier alpha value is -6.32. The first-order valence-electron chi connectivity index (χ1n) is 21.9. The number of carbonyl (C=O) groups excluding carboxylic acids is 1. The third-order valence-corrected chi connectivity index (χ3v) is 12.5. The molecular weight excluding hydrogens is 867 g/mol. The normalized spacial score (nSPS) is 14.3. The van der Waals surface area contributed by atoms with Gasteiger partial charge in [-0.05, 0) is 61.4 Å². The second kappa shape index (κ2) is 19.0. The van der Waals surface area contributed by atoms with Crippen LogP contribution in [0.15, 0.2) is 85.2 Å². The van der Waals surface area contributed by atoms with Gasteiger partial charge in [0.15, 0.2) is 0 Å². The van der Waals surface area contributed by atoms with Gasteiger partial charge in [-0.1, -0.05) is 61.3 Å². The van der Waals surface area contributed by atoms with Crippen LogP contribution < -0.4 is 9.80 Å². The minimum Gasteiger partial charge on any atom is -0.478 e. The number of fused-ring (bicyclic) bond motifs is 4. The van der Waals surface area contributed by atoms with Crippen LogP contribution in [-0.4, -0.2) is 106 Å². The second-order valence-corrected chi connectivity index (χ2v) is 16.7. The number of carboxylic acid groups (broad SMARTS) is 1. The maximum absolute atomic E-state index is 12.8. The van der Waals surface area contributed by atoms with Gasteiger partial charge in [-0.15, -0.1) is 0 Å². The molecule has 2 aliphatic rings. The summed E-state index contributed by atoms with van der Waals surface area (Å²) in [4.78, 5) is 48.1. The third-order valence-electron chi connectivity index (χ3n) is 11.8. The van der Waals surface area contributed by atoms with Crippen molar-refractivity contribution in [2.24, 2.45) is 0 Å². The van der Waals surface area contributed by atoms with E-state index in [2.05, 4.69) is 48.8 Å². The number of aromatic carboxylic acids is 1. The molecule has 0 aliphatic carbocycles. The minimum atomic E-state index is -0.986. The molecule has 0 radical (unpaired) electrons. The quantitative estimate of drug-likeness (QED) is 0.130. The zero-order valence-corrected chi connectivity index (χ0v) is 37.9. The smallest absolute Gasteiger partial charge is 0.340 e. The number of morpholine rings is 2. The van der Waals surface area contributed by atoms with Gasteiger partial charge in [-0.25, -0.2) is 19.6 Å². The van der Waals surface area contributed by atoms with Crippen molar-refractivity contribution in [1.82, 2.24) is 29.1 Å². The molecule has 2 saturated heterocycles. The predicted octanol–water partition coefficient (Wildman–Crippen LogP) is 9.52. The number of nitrogens with zero attached hydrogens (tertiary/aromatic N) is 8. The number of rotatable bonds is 10. The van der Waals surface area contributed by atoms with Crippen LogP contribution in [-0.2, 0) is 27.1 Å². The van der Waals surface area contributed by atoms with Gasteiger partial charge in [-0.2, -0.15) is 0 Å². The molecule has 2 aliphatic heterocycles. The summed E-state index contributed by atoms with van der Waals surface area (Å²) in [6, 6.07) is 23.1. The van der Waals surface area contributed by atoms with Crippen molar-refractivity contribution in [3.05, 3.63) is 118 Å². The summed E-state index contributed by atoms with van der Waals surface area (Å²) >= 11 is 12.9. The average Bonchev–Trinajstić information content (AvgIpc) is 3.89. The Bertz CT molecular complexity index is 3090. The Labute approximate surface area is 385 Å². The highest BCUT2D eigenvalue weighted by Crippen LogP contribution is 2.36. The van der Waals surface area contributed by atoms with Crippen molar-refractivity contribution in [3.8, 4) is 11.4 Å². The Kier molecular flexibility index (Phi) is 12.9. The molecule has 14 nitrogen and oxygen atoms in total. The number of anilines is 2. The monoisotopic (exact) mass is 914 g/mol. The van der Waals surface area contributed by atoms with Gasteiger partial charge in [0.05, 0.1) is 88.2 Å². The van der Waals surface area contributed by atoms with Gasteiger partial charge in [0, 0.05) is 73.6 Å². The molecule has 2 fully saturated rings. The number of hydrogen-bond donors (Lipinski definition) is 1. The number of halogens is 2. The average molecular weight is 916 g/mol. The Balaban J connectivity index is 0.000000164. The van der Waals surface area contributed by atoms with Crippen molar-refractivity contribution < 1.29 is 28.9 Å². The fraction of sp³-hybridized carbons (Fsp3) is 0.306. The highest BCUT2D eigenvalue weighted by atomic mass is 35.5. The Morgan fingerprint density at radius 1 is 0.646 bits per heavy atom. The van der Waals surface area contributed by atoms with Crippen LogP contribution in [0.1, 0.15) is 59.1 Å². The van der Waals surface area contributed by atoms with E-state index in [4.69, 9.17) is 47.4 Å². The fourth-order valence-electron chi connectivity index (χ4n) is 8.82. The number of aromatic nitrogens is 6. The minimum absolute atomic E-state index is 0.205. The number of carboxylic acids is 1. The van der Waals surface area contributed by atoms with Crippen molar-refractivity contribution >= 4 is 90.4 Å². The van der Waals surface area contributed by atoms with Crippen LogP contribution in [0.4, 0.5) is 11.4 Å². The molecule has 16 heteroatoms. The van der Waals surface area contributed by atoms with Crippen LogP contribution in [0.5, 0.6) is 0 Å². The third kappa shape index (κ3) is 8.43. The fourth-order valence-corrected chi connectivity index (χ4v) is 9.27. The van der Waals surface area contributed by atoms with E-state index in [1.165, 1.54) is 7.11 Å². The topological polar surface area (TPSA) is 150 Å². The maximum atomic E-state index is 12.8. The summed E-state index contributed by atoms with van der Waals surface area (Å²) in [5, 5.41) is 13.0. The molecule has 0 spiro atoms. The molecule has 4 aromatic heterocycles. The van der Waals surface area contributed by atoms with Crippen molar-refractivity contribution in [2.75, 3.05) is 69.5 Å². The number of aryl methyl sites for hydroxylation is 2. The molecule has 0 amide bonds. The van der Waals surface area contributed by atoms with E-state index in [0.717, 1.165) is 94.1 Å². The van der Waals surface area contributed by atoms with Gasteiger partial charge in [0.25, 0.3) is 0 Å². The molecule has 0 saturated carbocycles. The Morgan fingerprint density at radius 2 is 1.09 bits per heavy atom. The lowest BCUT2D eigenvalue weighted by Crippen LogP contribution is -2.36. The van der Waals surface area contributed by atoms with Crippen LogP contribution in [0, 0.1) is 0 Å². The van der Waals surface area contributed by atoms with Gasteiger partial charge in [-0.3, -0.25) is 19.1 Å². The van der Waals surface area contributed by atoms with E-state index in [0.29, 0.717) is 78.1 Å². The molecule has 10 rings (SSSR count). The lowest BCUT2D eigenvalue weighted by Gasteiger charge is -2.29. The van der Waals surface area contributed by atoms with E-state index < -0.39 is 11.9 Å². The molecule has 0 atom stereocenters. The molecular formula is C49H48Cl2N8O6. The highest BCUT2D eigenvalue weighted by molar-refractivity contribution is 6.35. The molecule has 65 heavy (non-hydrogen) atoms. The standard InChI is InChI=1S/C25H25ClN4O3.C24H23ClN4O3/c1-3-5-22-28-24-18(25(31)32-2)14-16(29-10-12-33-13-11-29)15-21(24)30(22)20-8-9-27-23-17(20)6-4-7-19(23)26;1-2-4-21-27-23-17(24(30)31)13-15(28-9-11-32-12-10-28)14-20(23)29(21)19-7-8-26-22-16(19)5-3-6-18(22)25/h4,6-9,14-15H,3,5,10-13H2,1-2H3;3,5-8,13-14H,2,4,9-12H2,1H3,(H,30,31). The second-order valence-electron chi connectivity index (χ2n) is 15.9. The number of benzene rings is 4. The largest absolute Gasteiger partial charge is 0.478 e. The van der Waals surface area contributed by atoms with Crippen molar-refractivity contribution in [3.63, 3.8) is 0 Å². The lowest BCUT2D eigenvalue weighted by molar-refractivity contribution is 0.0601. The van der Waals surface area contributed by atoms with Crippen LogP contribution in [0.2, 0.25) is 10.0 Å². The summed E-state index contributed by atoms with van der Waals surface area (Å²) in [5.41, 5.74) is 8.49. The van der Waals surface area contributed by atoms with E-state index in [1.807, 2.05) is 60.7 Å². The number of ether oxygens (including phenoxy) is 3. The summed E-state index contributed by atoms with van der Waals surface area (Å²) in [5.74, 6) is 0.312. The molecule has 0 bridgehead atoms. The van der Waals surface area contributed by atoms with Crippen LogP contribution in [0.25, 0.3) is 55.2 Å². The summed E-state index contributed by atoms with van der Waals surface area (Å²) in [6.45, 7) is 9.70. The van der Waals surface area contributed by atoms with Gasteiger partial charge in [0.1, 0.15) is 22.7 Å². The van der Waals surface area contributed by atoms with Gasteiger partial charge >= 0.3 is 11.9 Å².